The molecule has 0 saturated carbocycles. The van der Waals surface area contributed by atoms with E-state index in [1.165, 1.54) is 7.11 Å². The molecule has 9 heteroatoms. The number of ether oxygens (including phenoxy) is 1. The first-order valence-electron chi connectivity index (χ1n) is 6.28. The molecule has 0 bridgehead atoms. The molecule has 0 radical (unpaired) electrons. The van der Waals surface area contributed by atoms with Gasteiger partial charge in [0.2, 0.25) is 10.0 Å². The van der Waals surface area contributed by atoms with Gasteiger partial charge < -0.3 is 9.84 Å². The van der Waals surface area contributed by atoms with Crippen molar-refractivity contribution in [3.8, 4) is 0 Å². The molecule has 1 aromatic heterocycles. The Bertz CT molecular complexity index is 567. The molecule has 0 atom stereocenters. The maximum absolute atomic E-state index is 12.3. The van der Waals surface area contributed by atoms with Crippen LogP contribution in [-0.2, 0) is 14.8 Å². The number of rotatable bonds is 9. The molecular formula is C12H19NO5S3. The Morgan fingerprint density at radius 3 is 2.81 bits per heavy atom. The normalized spacial score (nSPS) is 11.6. The average Bonchev–Trinajstić information content (AvgIpc) is 2.84. The lowest BCUT2D eigenvalue weighted by atomic mass is 10.3. The average molecular weight is 353 g/mol. The molecule has 0 unspecified atom stereocenters. The summed E-state index contributed by atoms with van der Waals surface area (Å²) in [6, 6.07) is 0. The second kappa shape index (κ2) is 8.74. The van der Waals surface area contributed by atoms with Crippen LogP contribution in [0.1, 0.15) is 21.7 Å². The van der Waals surface area contributed by atoms with Crippen LogP contribution in [0.4, 0.5) is 0 Å². The number of sulfonamides is 1. The fraction of sp³-hybridized carbons (Fsp3) is 0.583. The third kappa shape index (κ3) is 5.26. The summed E-state index contributed by atoms with van der Waals surface area (Å²) in [5.74, 6) is 0.741. The van der Waals surface area contributed by atoms with Crippen LogP contribution in [0.3, 0.4) is 0 Å². The Balaban J connectivity index is 2.70. The van der Waals surface area contributed by atoms with Crippen LogP contribution in [0.15, 0.2) is 10.3 Å². The quantitative estimate of drug-likeness (QED) is 0.512. The van der Waals surface area contributed by atoms with Crippen LogP contribution < -0.4 is 4.72 Å². The summed E-state index contributed by atoms with van der Waals surface area (Å²) in [6.07, 6.45) is 0.688. The molecule has 0 aliphatic carbocycles. The second-order valence-electron chi connectivity index (χ2n) is 4.16. The van der Waals surface area contributed by atoms with Crippen LogP contribution in [0.25, 0.3) is 0 Å². The van der Waals surface area contributed by atoms with E-state index in [1.807, 2.05) is 0 Å². The summed E-state index contributed by atoms with van der Waals surface area (Å²) in [5, 5.41) is 10.3. The zero-order valence-corrected chi connectivity index (χ0v) is 14.4. The third-order valence-corrected chi connectivity index (χ3v) is 6.47. The lowest BCUT2D eigenvalue weighted by molar-refractivity contribution is 0.0602. The van der Waals surface area contributed by atoms with E-state index < -0.39 is 16.0 Å². The number of hydrogen-bond acceptors (Lipinski definition) is 7. The van der Waals surface area contributed by atoms with Crippen molar-refractivity contribution in [2.24, 2.45) is 0 Å². The first kappa shape index (κ1) is 18.4. The number of hydrogen-bond donors (Lipinski definition) is 2. The molecule has 0 aromatic carbocycles. The van der Waals surface area contributed by atoms with Gasteiger partial charge in [-0.15, -0.1) is 11.3 Å². The fourth-order valence-electron chi connectivity index (χ4n) is 1.59. The lowest BCUT2D eigenvalue weighted by Gasteiger charge is -2.08. The number of aliphatic hydroxyl groups is 1. The summed E-state index contributed by atoms with van der Waals surface area (Å²) in [7, 11) is -2.51. The van der Waals surface area contributed by atoms with Gasteiger partial charge in [-0.1, -0.05) is 0 Å². The highest BCUT2D eigenvalue weighted by Crippen LogP contribution is 2.27. The van der Waals surface area contributed by atoms with Crippen LogP contribution in [-0.4, -0.2) is 51.3 Å². The highest BCUT2D eigenvalue weighted by Gasteiger charge is 2.27. The zero-order chi connectivity index (χ0) is 15.9. The number of carbonyl (C=O) groups excluding carboxylic acids is 1. The predicted molar refractivity (Wildman–Crippen MR) is 84.6 cm³/mol. The van der Waals surface area contributed by atoms with Gasteiger partial charge in [0.15, 0.2) is 0 Å². The van der Waals surface area contributed by atoms with Gasteiger partial charge in [0.25, 0.3) is 0 Å². The largest absolute Gasteiger partial charge is 0.465 e. The summed E-state index contributed by atoms with van der Waals surface area (Å²) >= 11 is 2.62. The fourth-order valence-corrected chi connectivity index (χ4v) is 5.24. The topological polar surface area (TPSA) is 92.7 Å². The molecule has 2 N–H and O–H groups in total. The van der Waals surface area contributed by atoms with E-state index in [0.717, 1.165) is 17.1 Å². The van der Waals surface area contributed by atoms with Gasteiger partial charge in [0.1, 0.15) is 9.77 Å². The second-order valence-corrected chi connectivity index (χ2v) is 7.96. The molecule has 0 saturated heterocycles. The van der Waals surface area contributed by atoms with E-state index in [-0.39, 0.29) is 22.9 Å². The van der Waals surface area contributed by atoms with Gasteiger partial charge in [0, 0.05) is 18.9 Å². The van der Waals surface area contributed by atoms with E-state index in [1.54, 1.807) is 24.1 Å². The SMILES string of the molecule is COC(=O)c1scc(C)c1S(=O)(=O)NCCSCCCO. The van der Waals surface area contributed by atoms with Crippen LogP contribution in [0.2, 0.25) is 0 Å². The summed E-state index contributed by atoms with van der Waals surface area (Å²) in [4.78, 5) is 11.7. The van der Waals surface area contributed by atoms with Gasteiger partial charge >= 0.3 is 5.97 Å². The van der Waals surface area contributed by atoms with Crippen LogP contribution in [0.5, 0.6) is 0 Å². The van der Waals surface area contributed by atoms with Crippen molar-refractivity contribution in [3.05, 3.63) is 15.8 Å². The highest BCUT2D eigenvalue weighted by atomic mass is 32.2. The van der Waals surface area contributed by atoms with Gasteiger partial charge in [-0.3, -0.25) is 0 Å². The molecule has 0 amide bonds. The maximum Gasteiger partial charge on any atom is 0.349 e. The minimum atomic E-state index is -3.73. The molecule has 1 rings (SSSR count). The molecule has 1 aromatic rings. The van der Waals surface area contributed by atoms with Crippen molar-refractivity contribution in [2.75, 3.05) is 31.8 Å². The minimum absolute atomic E-state index is 0.000270. The van der Waals surface area contributed by atoms with Gasteiger partial charge in [0.05, 0.1) is 7.11 Å². The molecule has 1 heterocycles. The standard InChI is InChI=1S/C12H19NO5S3/c1-9-8-20-10(12(15)18-2)11(9)21(16,17)13-4-7-19-6-3-5-14/h8,13-14H,3-7H2,1-2H3. The number of thiophene rings is 1. The molecular weight excluding hydrogens is 334 g/mol. The minimum Gasteiger partial charge on any atom is -0.465 e. The van der Waals surface area contributed by atoms with E-state index in [2.05, 4.69) is 9.46 Å². The number of nitrogens with one attached hydrogen (secondary N) is 1. The van der Waals surface area contributed by atoms with Gasteiger partial charge in [-0.2, -0.15) is 11.8 Å². The van der Waals surface area contributed by atoms with Gasteiger partial charge in [-0.25, -0.2) is 17.9 Å². The molecule has 0 spiro atoms. The molecule has 120 valence electrons. The molecule has 0 aliphatic rings. The van der Waals surface area contributed by atoms with Crippen LogP contribution in [0, 0.1) is 6.92 Å². The summed E-state index contributed by atoms with van der Waals surface area (Å²) in [6.45, 7) is 2.05. The zero-order valence-electron chi connectivity index (χ0n) is 11.9. The summed E-state index contributed by atoms with van der Waals surface area (Å²) < 4.78 is 31.7. The number of methoxy groups -OCH3 is 1. The molecule has 0 fully saturated rings. The molecule has 21 heavy (non-hydrogen) atoms. The van der Waals surface area contributed by atoms with E-state index in [4.69, 9.17) is 5.11 Å². The molecule has 0 aliphatic heterocycles. The predicted octanol–water partition coefficient (Wildman–Crippen LogP) is 1.24. The Morgan fingerprint density at radius 1 is 1.48 bits per heavy atom. The van der Waals surface area contributed by atoms with E-state index >= 15 is 0 Å². The number of thioether (sulfide) groups is 1. The third-order valence-electron chi connectivity index (χ3n) is 2.54. The van der Waals surface area contributed by atoms with E-state index in [0.29, 0.717) is 17.7 Å². The van der Waals surface area contributed by atoms with Crippen molar-refractivity contribution in [2.45, 2.75) is 18.2 Å². The van der Waals surface area contributed by atoms with Crippen LogP contribution >= 0.6 is 23.1 Å². The van der Waals surface area contributed by atoms with Gasteiger partial charge in [-0.05, 0) is 30.0 Å². The summed E-state index contributed by atoms with van der Waals surface area (Å²) in [5.41, 5.74) is 0.529. The Hall–Kier alpha value is -0.610. The smallest absolute Gasteiger partial charge is 0.349 e. The van der Waals surface area contributed by atoms with Crippen molar-refractivity contribution in [1.29, 1.82) is 0 Å². The monoisotopic (exact) mass is 353 g/mol. The number of carbonyl (C=O) groups is 1. The number of esters is 1. The highest BCUT2D eigenvalue weighted by molar-refractivity contribution is 7.99. The van der Waals surface area contributed by atoms with Crippen molar-refractivity contribution in [1.82, 2.24) is 4.72 Å². The van der Waals surface area contributed by atoms with Crippen molar-refractivity contribution in [3.63, 3.8) is 0 Å². The van der Waals surface area contributed by atoms with Crippen molar-refractivity contribution < 1.29 is 23.1 Å². The Kier molecular flexibility index (Phi) is 7.67. The maximum atomic E-state index is 12.3. The Morgan fingerprint density at radius 2 is 2.19 bits per heavy atom. The van der Waals surface area contributed by atoms with E-state index in [9.17, 15) is 13.2 Å². The number of aryl methyl sites for hydroxylation is 1. The first-order chi connectivity index (χ1) is 9.94. The lowest BCUT2D eigenvalue weighted by Crippen LogP contribution is -2.27. The van der Waals surface area contributed by atoms with Crippen molar-refractivity contribution >= 4 is 39.1 Å². The Labute approximate surface area is 132 Å². The molecule has 6 nitrogen and oxygen atoms in total. The number of aliphatic hydroxyl groups excluding tert-OH is 1. The first-order valence-corrected chi connectivity index (χ1v) is 9.80.